The molecule has 0 aromatic heterocycles. The van der Waals surface area contributed by atoms with E-state index in [0.717, 1.165) is 0 Å². The van der Waals surface area contributed by atoms with Crippen LogP contribution in [0.3, 0.4) is 0 Å². The van der Waals surface area contributed by atoms with Gasteiger partial charge in [0, 0.05) is 12.8 Å². The smallest absolute Gasteiger partial charge is 0.326 e. The number of carboxylic acids is 2. The summed E-state index contributed by atoms with van der Waals surface area (Å²) in [6, 6.07) is -10.2. The van der Waals surface area contributed by atoms with Crippen LogP contribution in [-0.4, -0.2) is 167 Å². The quantitative estimate of drug-likeness (QED) is 0.0325. The largest absolute Gasteiger partial charge is 0.481 e. The van der Waals surface area contributed by atoms with E-state index in [0.29, 0.717) is 12.8 Å². The van der Waals surface area contributed by atoms with Gasteiger partial charge in [0.1, 0.15) is 42.3 Å². The fraction of sp³-hybridized carbons (Fsp3) is 0.636. The summed E-state index contributed by atoms with van der Waals surface area (Å²) >= 11 is 0. The molecule has 60 heavy (non-hydrogen) atoms. The number of nitrogens with one attached hydrogen (secondary N) is 9. The number of unbranched alkanes of at least 4 members (excludes halogenated alkanes) is 1. The van der Waals surface area contributed by atoms with Gasteiger partial charge in [-0.05, 0) is 45.6 Å². The molecule has 1 aliphatic rings. The first-order chi connectivity index (χ1) is 28.2. The van der Waals surface area contributed by atoms with Crippen molar-refractivity contribution in [1.29, 1.82) is 0 Å². The molecule has 27 nitrogen and oxygen atoms in total. The molecule has 336 valence electrons. The number of primary amides is 1. The number of hydrogen-bond donors (Lipinski definition) is 15. The third kappa shape index (κ3) is 19.3. The maximum atomic E-state index is 13.3. The highest BCUT2D eigenvalue weighted by Crippen LogP contribution is 2.08. The molecule has 1 saturated heterocycles. The third-order valence-corrected chi connectivity index (χ3v) is 8.47. The standard InChI is InChI=1S/C33H53N11O16/c1-15(38-29(55)18-6-8-23(48)39-18)27(53)41-16(4-2-3-9-34)30(56)44-21(14-46)32(58)42-17(5-7-22(35)47)28(54)37-11-24(49)36-12-25(50)40-20(13-45)31(57)43-19(33(59)60)10-26(51)52/h15-21,45-46H,2-14,34H2,1H3,(H2,35,47)(H,36,49)(H,37,54)(H,38,55)(H,39,48)(H,40,50)(H,41,53)(H,42,58)(H,43,57)(H,44,56)(H,51,52)(H,59,60)/t15-,16-,17-,18-,19-,20-,21-/m0/s1. The lowest BCUT2D eigenvalue weighted by molar-refractivity contribution is -0.147. The van der Waals surface area contributed by atoms with Crippen molar-refractivity contribution in [3.63, 3.8) is 0 Å². The molecule has 1 rings (SSSR count). The summed E-state index contributed by atoms with van der Waals surface area (Å²) in [5.41, 5.74) is 10.7. The molecule has 0 aliphatic carbocycles. The zero-order valence-corrected chi connectivity index (χ0v) is 32.6. The van der Waals surface area contributed by atoms with E-state index in [1.165, 1.54) is 6.92 Å². The average Bonchev–Trinajstić information content (AvgIpc) is 3.63. The fourth-order valence-electron chi connectivity index (χ4n) is 5.16. The van der Waals surface area contributed by atoms with Crippen molar-refractivity contribution in [3.8, 4) is 0 Å². The molecule has 10 amide bonds. The van der Waals surface area contributed by atoms with Gasteiger partial charge in [0.15, 0.2) is 0 Å². The van der Waals surface area contributed by atoms with Gasteiger partial charge < -0.3 is 79.7 Å². The number of amides is 10. The van der Waals surface area contributed by atoms with Gasteiger partial charge in [0.05, 0.1) is 32.7 Å². The zero-order chi connectivity index (χ0) is 45.5. The molecule has 1 aliphatic heterocycles. The zero-order valence-electron chi connectivity index (χ0n) is 32.6. The number of aliphatic hydroxyl groups excluding tert-OH is 2. The predicted octanol–water partition coefficient (Wildman–Crippen LogP) is -8.64. The third-order valence-electron chi connectivity index (χ3n) is 8.47. The van der Waals surface area contributed by atoms with E-state index in [1.807, 2.05) is 10.6 Å². The second-order valence-electron chi connectivity index (χ2n) is 13.3. The minimum atomic E-state index is -1.88. The second kappa shape index (κ2) is 26.5. The van der Waals surface area contributed by atoms with E-state index < -0.39 is 153 Å². The molecule has 1 fully saturated rings. The summed E-state index contributed by atoms with van der Waals surface area (Å²) in [5, 5.41) is 57.2. The Morgan fingerprint density at radius 2 is 1.22 bits per heavy atom. The number of carbonyl (C=O) groups excluding carboxylic acids is 10. The molecule has 0 aromatic carbocycles. The lowest BCUT2D eigenvalue weighted by Gasteiger charge is -2.25. The summed E-state index contributed by atoms with van der Waals surface area (Å²) in [6.45, 7) is -2.14. The summed E-state index contributed by atoms with van der Waals surface area (Å²) in [5.74, 6) is -12.3. The topological polar surface area (TPSA) is 446 Å². The van der Waals surface area contributed by atoms with Crippen molar-refractivity contribution < 1.29 is 78.0 Å². The predicted molar refractivity (Wildman–Crippen MR) is 200 cm³/mol. The molecule has 7 atom stereocenters. The molecule has 0 radical (unpaired) electrons. The van der Waals surface area contributed by atoms with E-state index in [9.17, 15) is 67.7 Å². The minimum absolute atomic E-state index is 0.0143. The van der Waals surface area contributed by atoms with Crippen molar-refractivity contribution in [1.82, 2.24) is 47.9 Å². The number of carboxylic acid groups (broad SMARTS) is 2. The summed E-state index contributed by atoms with van der Waals surface area (Å²) in [4.78, 5) is 147. The van der Waals surface area contributed by atoms with Gasteiger partial charge in [-0.1, -0.05) is 0 Å². The number of hydrogen-bond acceptors (Lipinski definition) is 15. The molecule has 0 spiro atoms. The van der Waals surface area contributed by atoms with Crippen molar-refractivity contribution in [2.24, 2.45) is 11.5 Å². The number of rotatable bonds is 28. The van der Waals surface area contributed by atoms with Crippen molar-refractivity contribution in [3.05, 3.63) is 0 Å². The normalized spacial score (nSPS) is 16.1. The molecule has 17 N–H and O–H groups in total. The molecule has 1 heterocycles. The van der Waals surface area contributed by atoms with Crippen LogP contribution >= 0.6 is 0 Å². The molecular weight excluding hydrogens is 806 g/mol. The Morgan fingerprint density at radius 1 is 0.683 bits per heavy atom. The highest BCUT2D eigenvalue weighted by Gasteiger charge is 2.33. The van der Waals surface area contributed by atoms with Crippen LogP contribution in [0, 0.1) is 0 Å². The van der Waals surface area contributed by atoms with Crippen LogP contribution in [0.5, 0.6) is 0 Å². The molecule has 0 unspecified atom stereocenters. The molecule has 27 heteroatoms. The minimum Gasteiger partial charge on any atom is -0.481 e. The number of carbonyl (C=O) groups is 12. The maximum Gasteiger partial charge on any atom is 0.326 e. The van der Waals surface area contributed by atoms with Gasteiger partial charge in [0.2, 0.25) is 59.1 Å². The van der Waals surface area contributed by atoms with Gasteiger partial charge >= 0.3 is 11.9 Å². The number of aliphatic hydroxyl groups is 2. The van der Waals surface area contributed by atoms with Crippen LogP contribution in [0.15, 0.2) is 0 Å². The molecule has 0 saturated carbocycles. The second-order valence-corrected chi connectivity index (χ2v) is 13.3. The maximum absolute atomic E-state index is 13.3. The van der Waals surface area contributed by atoms with Crippen LogP contribution < -0.4 is 59.3 Å². The SMILES string of the molecule is C[C@H](NC(=O)[C@@H]1CCC(=O)N1)C(=O)N[C@@H](CCCCN)C(=O)N[C@@H](CO)C(=O)N[C@@H](CCC(N)=O)C(=O)NCC(=O)NCC(=O)N[C@@H](CO)C(=O)N[C@@H](CC(=O)O)C(=O)O. The van der Waals surface area contributed by atoms with Crippen molar-refractivity contribution in [2.75, 3.05) is 32.8 Å². The average molecular weight is 860 g/mol. The van der Waals surface area contributed by atoms with Crippen LogP contribution in [-0.2, 0) is 57.5 Å². The highest BCUT2D eigenvalue weighted by molar-refractivity contribution is 5.98. The van der Waals surface area contributed by atoms with Crippen molar-refractivity contribution >= 4 is 71.0 Å². The number of nitrogens with two attached hydrogens (primary N) is 2. The van der Waals surface area contributed by atoms with E-state index in [-0.39, 0.29) is 31.7 Å². The van der Waals surface area contributed by atoms with E-state index >= 15 is 0 Å². The van der Waals surface area contributed by atoms with Gasteiger partial charge in [0.25, 0.3) is 0 Å². The Balaban J connectivity index is 2.86. The van der Waals surface area contributed by atoms with Crippen LogP contribution in [0.1, 0.15) is 58.3 Å². The fourth-order valence-corrected chi connectivity index (χ4v) is 5.16. The van der Waals surface area contributed by atoms with Gasteiger partial charge in [-0.3, -0.25) is 52.7 Å². The Hall–Kier alpha value is -6.48. The highest BCUT2D eigenvalue weighted by atomic mass is 16.4. The molecular formula is C33H53N11O16. The van der Waals surface area contributed by atoms with Gasteiger partial charge in [-0.15, -0.1) is 0 Å². The monoisotopic (exact) mass is 859 g/mol. The van der Waals surface area contributed by atoms with Gasteiger partial charge in [-0.2, -0.15) is 0 Å². The molecule has 0 bridgehead atoms. The summed E-state index contributed by atoms with van der Waals surface area (Å²) in [6.07, 6.45) is -0.731. The Labute approximate surface area is 341 Å². The van der Waals surface area contributed by atoms with Crippen LogP contribution in [0.2, 0.25) is 0 Å². The number of aliphatic carboxylic acids is 2. The Kier molecular flexibility index (Phi) is 22.8. The Morgan fingerprint density at radius 3 is 1.75 bits per heavy atom. The molecule has 0 aromatic rings. The lowest BCUT2D eigenvalue weighted by Crippen LogP contribution is -2.59. The van der Waals surface area contributed by atoms with E-state index in [1.54, 1.807) is 0 Å². The first-order valence-electron chi connectivity index (χ1n) is 18.5. The Bertz CT molecular complexity index is 1610. The van der Waals surface area contributed by atoms with E-state index in [4.69, 9.17) is 21.7 Å². The van der Waals surface area contributed by atoms with Crippen molar-refractivity contribution in [2.45, 2.75) is 101 Å². The summed E-state index contributed by atoms with van der Waals surface area (Å²) in [7, 11) is 0. The first kappa shape index (κ1) is 51.5. The van der Waals surface area contributed by atoms with Crippen LogP contribution in [0.25, 0.3) is 0 Å². The van der Waals surface area contributed by atoms with Gasteiger partial charge in [-0.25, -0.2) is 4.79 Å². The lowest BCUT2D eigenvalue weighted by atomic mass is 10.1. The first-order valence-corrected chi connectivity index (χ1v) is 18.5. The van der Waals surface area contributed by atoms with E-state index in [2.05, 4.69) is 37.2 Å². The van der Waals surface area contributed by atoms with Crippen LogP contribution in [0.4, 0.5) is 0 Å². The summed E-state index contributed by atoms with van der Waals surface area (Å²) < 4.78 is 0.